The quantitative estimate of drug-likeness (QED) is 0.189. The van der Waals surface area contributed by atoms with E-state index < -0.39 is 0 Å². The normalized spacial score (nSPS) is 11.7. The molecular weight excluding hydrogens is 546 g/mol. The molecule has 5 aromatic carbocycles. The number of aromatic nitrogens is 2. The molecule has 0 aliphatic rings. The minimum atomic E-state index is -0.312. The van der Waals surface area contributed by atoms with Gasteiger partial charge in [-0.1, -0.05) is 83.9 Å². The predicted octanol–water partition coefficient (Wildman–Crippen LogP) is 8.39. The van der Waals surface area contributed by atoms with Crippen molar-refractivity contribution in [2.24, 2.45) is 5.10 Å². The first-order chi connectivity index (χ1) is 20.5. The molecule has 0 unspecified atom stereocenters. The predicted molar refractivity (Wildman–Crippen MR) is 169 cm³/mol. The van der Waals surface area contributed by atoms with Gasteiger partial charge in [0, 0.05) is 16.0 Å². The molecule has 0 atom stereocenters. The maximum Gasteiger partial charge on any atom is 0.282 e. The Morgan fingerprint density at radius 2 is 1.67 bits per heavy atom. The van der Waals surface area contributed by atoms with Crippen molar-refractivity contribution >= 4 is 50.5 Å². The van der Waals surface area contributed by atoms with Crippen LogP contribution in [0.5, 0.6) is 5.75 Å². The Kier molecular flexibility index (Phi) is 6.53. The van der Waals surface area contributed by atoms with Crippen molar-refractivity contribution in [3.05, 3.63) is 141 Å². The Hall–Kier alpha value is -5.20. The highest BCUT2D eigenvalue weighted by atomic mass is 35.5. The molecule has 0 fully saturated rings. The van der Waals surface area contributed by atoms with Gasteiger partial charge >= 0.3 is 0 Å². The number of hydrogen-bond acceptors (Lipinski definition) is 5. The van der Waals surface area contributed by atoms with Crippen LogP contribution in [0.1, 0.15) is 16.7 Å². The molecule has 0 radical (unpaired) electrons. The van der Waals surface area contributed by atoms with Crippen molar-refractivity contribution in [3.63, 3.8) is 0 Å². The molecule has 7 rings (SSSR count). The number of fused-ring (bicyclic) bond motifs is 3. The van der Waals surface area contributed by atoms with Crippen LogP contribution in [0, 0.1) is 6.92 Å². The molecule has 0 aliphatic heterocycles. The first-order valence-corrected chi connectivity index (χ1v) is 13.9. The molecule has 7 heteroatoms. The van der Waals surface area contributed by atoms with Gasteiger partial charge in [0.25, 0.3) is 5.56 Å². The molecule has 0 N–H and O–H groups in total. The van der Waals surface area contributed by atoms with Gasteiger partial charge in [0.2, 0.25) is 5.82 Å². The van der Waals surface area contributed by atoms with E-state index in [-0.39, 0.29) is 11.4 Å². The Labute approximate surface area is 246 Å². The first kappa shape index (κ1) is 25.7. The highest BCUT2D eigenvalue weighted by Crippen LogP contribution is 2.30. The van der Waals surface area contributed by atoms with Gasteiger partial charge in [0.05, 0.1) is 17.1 Å². The molecule has 6 nitrogen and oxygen atoms in total. The summed E-state index contributed by atoms with van der Waals surface area (Å²) in [5, 5.41) is 8.54. The van der Waals surface area contributed by atoms with Gasteiger partial charge in [-0.25, -0.2) is 4.98 Å². The molecule has 0 amide bonds. The molecule has 2 heterocycles. The lowest BCUT2D eigenvalue weighted by atomic mass is 10.0. The number of nitrogens with zero attached hydrogens (tertiary/aromatic N) is 3. The zero-order valence-corrected chi connectivity index (χ0v) is 23.4. The zero-order valence-electron chi connectivity index (χ0n) is 22.6. The second kappa shape index (κ2) is 10.7. The van der Waals surface area contributed by atoms with Crippen molar-refractivity contribution in [2.75, 3.05) is 0 Å². The van der Waals surface area contributed by atoms with Crippen LogP contribution in [-0.4, -0.2) is 15.9 Å². The summed E-state index contributed by atoms with van der Waals surface area (Å²) in [5.74, 6) is 1.34. The molecule has 7 aromatic rings. The molecule has 0 spiro atoms. The number of halogens is 1. The standard InChI is InChI=1S/C35H24ClN3O3/c1-22-10-12-23(13-11-22)21-41-32-16-14-24-6-2-3-7-27(24)29(32)20-37-39-34(38-30-9-5-4-8-28(30)35(39)40)33-19-25-18-26(36)15-17-31(25)42-33/h2-20H,21H2,1H3. The Morgan fingerprint density at radius 1 is 0.881 bits per heavy atom. The van der Waals surface area contributed by atoms with Crippen molar-refractivity contribution in [1.29, 1.82) is 0 Å². The molecule has 0 saturated heterocycles. The molecule has 0 aliphatic carbocycles. The summed E-state index contributed by atoms with van der Waals surface area (Å²) in [4.78, 5) is 18.6. The third-order valence-corrected chi connectivity index (χ3v) is 7.44. The van der Waals surface area contributed by atoms with Gasteiger partial charge < -0.3 is 9.15 Å². The first-order valence-electron chi connectivity index (χ1n) is 13.5. The van der Waals surface area contributed by atoms with Crippen LogP contribution in [0.2, 0.25) is 5.02 Å². The average molecular weight is 570 g/mol. The number of para-hydroxylation sites is 1. The number of furan rings is 1. The van der Waals surface area contributed by atoms with Gasteiger partial charge in [-0.2, -0.15) is 9.78 Å². The van der Waals surface area contributed by atoms with Crippen LogP contribution in [0.25, 0.3) is 44.2 Å². The number of aryl methyl sites for hydroxylation is 1. The molecular formula is C35H24ClN3O3. The summed E-state index contributed by atoms with van der Waals surface area (Å²) in [6.45, 7) is 2.45. The summed E-state index contributed by atoms with van der Waals surface area (Å²) in [7, 11) is 0. The van der Waals surface area contributed by atoms with E-state index in [1.54, 1.807) is 30.5 Å². The number of benzene rings is 5. The van der Waals surface area contributed by atoms with E-state index in [2.05, 4.69) is 31.2 Å². The molecule has 0 saturated carbocycles. The lowest BCUT2D eigenvalue weighted by Gasteiger charge is -2.13. The maximum absolute atomic E-state index is 13.8. The van der Waals surface area contributed by atoms with E-state index in [1.165, 1.54) is 10.2 Å². The Balaban J connectivity index is 1.38. The topological polar surface area (TPSA) is 69.6 Å². The van der Waals surface area contributed by atoms with E-state index in [4.69, 9.17) is 30.8 Å². The fourth-order valence-electron chi connectivity index (χ4n) is 5.01. The van der Waals surface area contributed by atoms with E-state index in [0.717, 1.165) is 27.3 Å². The van der Waals surface area contributed by atoms with Crippen LogP contribution < -0.4 is 10.3 Å². The fraction of sp³-hybridized carbons (Fsp3) is 0.0571. The molecule has 42 heavy (non-hydrogen) atoms. The molecule has 2 aromatic heterocycles. The van der Waals surface area contributed by atoms with Crippen molar-refractivity contribution in [2.45, 2.75) is 13.5 Å². The van der Waals surface area contributed by atoms with Gasteiger partial charge in [-0.15, -0.1) is 0 Å². The van der Waals surface area contributed by atoms with E-state index in [0.29, 0.717) is 39.6 Å². The third-order valence-electron chi connectivity index (χ3n) is 7.20. The summed E-state index contributed by atoms with van der Waals surface area (Å²) < 4.78 is 13.7. The number of hydrogen-bond donors (Lipinski definition) is 0. The number of ether oxygens (including phenoxy) is 1. The SMILES string of the molecule is Cc1ccc(COc2ccc3ccccc3c2C=Nn2c(-c3cc4cc(Cl)ccc4o3)nc3ccccc3c2=O)cc1. The molecule has 0 bridgehead atoms. The minimum absolute atomic E-state index is 0.282. The smallest absolute Gasteiger partial charge is 0.282 e. The van der Waals surface area contributed by atoms with Gasteiger partial charge in [-0.3, -0.25) is 4.79 Å². The van der Waals surface area contributed by atoms with Crippen LogP contribution in [0.3, 0.4) is 0 Å². The van der Waals surface area contributed by atoms with Crippen LogP contribution in [-0.2, 0) is 6.61 Å². The summed E-state index contributed by atoms with van der Waals surface area (Å²) in [6, 6.07) is 34.6. The largest absolute Gasteiger partial charge is 0.488 e. The number of rotatable bonds is 6. The highest BCUT2D eigenvalue weighted by molar-refractivity contribution is 6.31. The van der Waals surface area contributed by atoms with Gasteiger partial charge in [-0.05, 0) is 65.7 Å². The zero-order chi connectivity index (χ0) is 28.6. The second-order valence-corrected chi connectivity index (χ2v) is 10.5. The highest BCUT2D eigenvalue weighted by Gasteiger charge is 2.17. The average Bonchev–Trinajstić information content (AvgIpc) is 3.43. The Morgan fingerprint density at radius 3 is 2.52 bits per heavy atom. The minimum Gasteiger partial charge on any atom is -0.488 e. The molecule has 204 valence electrons. The lowest BCUT2D eigenvalue weighted by Crippen LogP contribution is -2.20. The summed E-state index contributed by atoms with van der Waals surface area (Å²) >= 11 is 6.21. The van der Waals surface area contributed by atoms with E-state index in [1.807, 2.05) is 60.7 Å². The summed E-state index contributed by atoms with van der Waals surface area (Å²) in [6.07, 6.45) is 1.66. The van der Waals surface area contributed by atoms with Crippen molar-refractivity contribution < 1.29 is 9.15 Å². The lowest BCUT2D eigenvalue weighted by molar-refractivity contribution is 0.306. The van der Waals surface area contributed by atoms with E-state index in [9.17, 15) is 4.79 Å². The monoisotopic (exact) mass is 569 g/mol. The Bertz CT molecular complexity index is 2200. The van der Waals surface area contributed by atoms with Crippen molar-refractivity contribution in [1.82, 2.24) is 9.66 Å². The van der Waals surface area contributed by atoms with Gasteiger partial charge in [0.15, 0.2) is 5.76 Å². The fourth-order valence-corrected chi connectivity index (χ4v) is 5.19. The van der Waals surface area contributed by atoms with Crippen molar-refractivity contribution in [3.8, 4) is 17.3 Å². The summed E-state index contributed by atoms with van der Waals surface area (Å²) in [5.41, 5.74) is 3.87. The third kappa shape index (κ3) is 4.82. The second-order valence-electron chi connectivity index (χ2n) is 10.1. The van der Waals surface area contributed by atoms with Crippen LogP contribution in [0.15, 0.2) is 124 Å². The van der Waals surface area contributed by atoms with Crippen LogP contribution in [0.4, 0.5) is 0 Å². The van der Waals surface area contributed by atoms with Gasteiger partial charge in [0.1, 0.15) is 17.9 Å². The van der Waals surface area contributed by atoms with E-state index >= 15 is 0 Å². The van der Waals surface area contributed by atoms with Crippen LogP contribution >= 0.6 is 11.6 Å². The maximum atomic E-state index is 13.8.